The van der Waals surface area contributed by atoms with Crippen LogP contribution in [0.2, 0.25) is 0 Å². The predicted octanol–water partition coefficient (Wildman–Crippen LogP) is 2.13. The van der Waals surface area contributed by atoms with Gasteiger partial charge < -0.3 is 9.84 Å². The fourth-order valence-electron chi connectivity index (χ4n) is 3.47. The zero-order valence-electron chi connectivity index (χ0n) is 15.4. The summed E-state index contributed by atoms with van der Waals surface area (Å²) in [5.41, 5.74) is 1.00. The highest BCUT2D eigenvalue weighted by Crippen LogP contribution is 2.37. The molecular formula is C18H27N5O2. The monoisotopic (exact) mass is 345 g/mol. The van der Waals surface area contributed by atoms with Gasteiger partial charge in [0.1, 0.15) is 5.75 Å². The lowest BCUT2D eigenvalue weighted by Crippen LogP contribution is -2.36. The van der Waals surface area contributed by atoms with Gasteiger partial charge in [0.2, 0.25) is 0 Å². The van der Waals surface area contributed by atoms with Crippen molar-refractivity contribution in [1.82, 2.24) is 25.1 Å². The number of methoxy groups -OCH3 is 1. The molecule has 2 aromatic rings. The van der Waals surface area contributed by atoms with Crippen LogP contribution >= 0.6 is 0 Å². The van der Waals surface area contributed by atoms with Crippen molar-refractivity contribution in [2.24, 2.45) is 0 Å². The van der Waals surface area contributed by atoms with Gasteiger partial charge in [-0.05, 0) is 61.7 Å². The third-order valence-corrected chi connectivity index (χ3v) is 4.80. The second-order valence-corrected chi connectivity index (χ2v) is 7.57. The largest absolute Gasteiger partial charge is 0.497 e. The summed E-state index contributed by atoms with van der Waals surface area (Å²) < 4.78 is 7.13. The van der Waals surface area contributed by atoms with Crippen molar-refractivity contribution in [3.63, 3.8) is 0 Å². The topological polar surface area (TPSA) is 76.3 Å². The molecule has 0 unspecified atom stereocenters. The highest BCUT2D eigenvalue weighted by molar-refractivity contribution is 5.27. The molecule has 0 bridgehead atoms. The van der Waals surface area contributed by atoms with E-state index in [1.54, 1.807) is 7.11 Å². The average molecular weight is 345 g/mol. The van der Waals surface area contributed by atoms with Crippen LogP contribution in [0.4, 0.5) is 0 Å². The second-order valence-electron chi connectivity index (χ2n) is 7.57. The first-order chi connectivity index (χ1) is 11.9. The Hall–Kier alpha value is -1.99. The van der Waals surface area contributed by atoms with E-state index in [2.05, 4.69) is 53.3 Å². The minimum absolute atomic E-state index is 0.105. The summed E-state index contributed by atoms with van der Waals surface area (Å²) in [5, 5.41) is 22.2. The molecule has 7 heteroatoms. The van der Waals surface area contributed by atoms with Crippen molar-refractivity contribution in [2.75, 3.05) is 13.7 Å². The molecule has 0 saturated carbocycles. The number of rotatable bonds is 5. The minimum Gasteiger partial charge on any atom is -0.497 e. The number of tetrazole rings is 1. The van der Waals surface area contributed by atoms with Crippen LogP contribution in [0.3, 0.4) is 0 Å². The first kappa shape index (κ1) is 17.8. The van der Waals surface area contributed by atoms with E-state index in [-0.39, 0.29) is 24.2 Å². The van der Waals surface area contributed by atoms with Gasteiger partial charge in [-0.15, -0.1) is 5.10 Å². The van der Waals surface area contributed by atoms with Gasteiger partial charge >= 0.3 is 0 Å². The van der Waals surface area contributed by atoms with Crippen LogP contribution in [-0.4, -0.2) is 50.0 Å². The first-order valence-electron chi connectivity index (χ1n) is 8.72. The van der Waals surface area contributed by atoms with Crippen LogP contribution in [-0.2, 0) is 12.1 Å². The lowest BCUT2D eigenvalue weighted by Gasteiger charge is -2.30. The molecule has 136 valence electrons. The Balaban J connectivity index is 1.87. The van der Waals surface area contributed by atoms with Gasteiger partial charge in [-0.2, -0.15) is 0 Å². The highest BCUT2D eigenvalue weighted by atomic mass is 16.5. The van der Waals surface area contributed by atoms with Crippen LogP contribution in [0.25, 0.3) is 0 Å². The van der Waals surface area contributed by atoms with Gasteiger partial charge in [0.25, 0.3) is 0 Å². The van der Waals surface area contributed by atoms with Crippen molar-refractivity contribution < 1.29 is 9.84 Å². The number of likely N-dealkylation sites (tertiary alicyclic amines) is 1. The Kier molecular flexibility index (Phi) is 5.06. The predicted molar refractivity (Wildman–Crippen MR) is 94.2 cm³/mol. The quantitative estimate of drug-likeness (QED) is 0.895. The lowest BCUT2D eigenvalue weighted by atomic mass is 10.1. The fourth-order valence-corrected chi connectivity index (χ4v) is 3.47. The molecule has 1 aromatic carbocycles. The number of aliphatic hydroxyl groups excluding tert-OH is 1. The molecule has 1 N–H and O–H groups in total. The van der Waals surface area contributed by atoms with Gasteiger partial charge in [0.05, 0.1) is 25.3 Å². The zero-order chi connectivity index (χ0) is 18.0. The number of benzene rings is 1. The number of aromatic nitrogens is 4. The summed E-state index contributed by atoms with van der Waals surface area (Å²) >= 11 is 0. The van der Waals surface area contributed by atoms with Crippen molar-refractivity contribution in [2.45, 2.75) is 57.8 Å². The van der Waals surface area contributed by atoms with Crippen LogP contribution in [0.5, 0.6) is 5.75 Å². The molecule has 0 aliphatic carbocycles. The van der Waals surface area contributed by atoms with E-state index in [4.69, 9.17) is 4.74 Å². The van der Waals surface area contributed by atoms with E-state index in [9.17, 15) is 5.11 Å². The summed E-state index contributed by atoms with van der Waals surface area (Å²) in [6, 6.07) is 8.29. The normalized spacial score (nSPS) is 21.6. The molecule has 0 radical (unpaired) electrons. The highest BCUT2D eigenvalue weighted by Gasteiger charge is 2.38. The molecule has 2 atom stereocenters. The number of aliphatic hydroxyl groups is 1. The SMILES string of the molecule is COc1ccc(CN2[C@H](CO)CC[C@H]2c2nnnn2C(C)(C)C)cc1. The maximum absolute atomic E-state index is 9.82. The van der Waals surface area contributed by atoms with E-state index in [1.807, 2.05) is 16.8 Å². The molecule has 1 saturated heterocycles. The lowest BCUT2D eigenvalue weighted by molar-refractivity contribution is 0.114. The third kappa shape index (κ3) is 3.67. The fraction of sp³-hybridized carbons (Fsp3) is 0.611. The summed E-state index contributed by atoms with van der Waals surface area (Å²) in [6.07, 6.45) is 1.88. The first-order valence-corrected chi connectivity index (χ1v) is 8.72. The van der Waals surface area contributed by atoms with Gasteiger partial charge in [0.15, 0.2) is 5.82 Å². The average Bonchev–Trinajstić information content (AvgIpc) is 3.21. The van der Waals surface area contributed by atoms with E-state index in [0.717, 1.165) is 31.0 Å². The molecule has 1 aliphatic heterocycles. The van der Waals surface area contributed by atoms with Gasteiger partial charge in [-0.1, -0.05) is 12.1 Å². The van der Waals surface area contributed by atoms with Crippen LogP contribution < -0.4 is 4.74 Å². The van der Waals surface area contributed by atoms with Crippen molar-refractivity contribution in [3.05, 3.63) is 35.7 Å². The molecule has 7 nitrogen and oxygen atoms in total. The van der Waals surface area contributed by atoms with Crippen LogP contribution in [0.1, 0.15) is 51.0 Å². The summed E-state index contributed by atoms with van der Waals surface area (Å²) in [7, 11) is 1.67. The molecule has 0 amide bonds. The Bertz CT molecular complexity index is 692. The number of hydrogen-bond acceptors (Lipinski definition) is 6. The van der Waals surface area contributed by atoms with Gasteiger partial charge in [0, 0.05) is 12.6 Å². The molecule has 1 aromatic heterocycles. The van der Waals surface area contributed by atoms with Crippen LogP contribution in [0, 0.1) is 0 Å². The van der Waals surface area contributed by atoms with Crippen molar-refractivity contribution in [1.29, 1.82) is 0 Å². The molecular weight excluding hydrogens is 318 g/mol. The molecule has 25 heavy (non-hydrogen) atoms. The molecule has 1 fully saturated rings. The van der Waals surface area contributed by atoms with Gasteiger partial charge in [-0.25, -0.2) is 4.68 Å². The summed E-state index contributed by atoms with van der Waals surface area (Å²) in [4.78, 5) is 2.32. The molecule has 1 aliphatic rings. The zero-order valence-corrected chi connectivity index (χ0v) is 15.4. The third-order valence-electron chi connectivity index (χ3n) is 4.80. The Morgan fingerprint density at radius 1 is 1.20 bits per heavy atom. The Morgan fingerprint density at radius 3 is 2.52 bits per heavy atom. The van der Waals surface area contributed by atoms with E-state index in [1.165, 1.54) is 5.56 Å². The summed E-state index contributed by atoms with van der Waals surface area (Å²) in [6.45, 7) is 7.18. The van der Waals surface area contributed by atoms with E-state index < -0.39 is 0 Å². The standard InChI is InChI=1S/C18H27N5O2/c1-18(2,3)23-17(19-20-21-23)16-10-7-14(12-24)22(16)11-13-5-8-15(25-4)9-6-13/h5-6,8-9,14,16,24H,7,10-12H2,1-4H3/t14-,16-/m0/s1. The molecule has 3 rings (SSSR count). The van der Waals surface area contributed by atoms with Gasteiger partial charge in [-0.3, -0.25) is 4.90 Å². The summed E-state index contributed by atoms with van der Waals surface area (Å²) in [5.74, 6) is 1.72. The smallest absolute Gasteiger partial charge is 0.168 e. The Morgan fingerprint density at radius 2 is 1.92 bits per heavy atom. The van der Waals surface area contributed by atoms with Crippen LogP contribution in [0.15, 0.2) is 24.3 Å². The van der Waals surface area contributed by atoms with E-state index >= 15 is 0 Å². The van der Waals surface area contributed by atoms with Crippen molar-refractivity contribution in [3.8, 4) is 5.75 Å². The second kappa shape index (κ2) is 7.09. The maximum Gasteiger partial charge on any atom is 0.168 e. The minimum atomic E-state index is -0.179. The van der Waals surface area contributed by atoms with E-state index in [0.29, 0.717) is 0 Å². The Labute approximate surface area is 148 Å². The van der Waals surface area contributed by atoms with Crippen molar-refractivity contribution >= 4 is 0 Å². The number of nitrogens with zero attached hydrogens (tertiary/aromatic N) is 5. The maximum atomic E-state index is 9.82. The molecule has 2 heterocycles. The number of hydrogen-bond donors (Lipinski definition) is 1. The number of ether oxygens (including phenoxy) is 1. The molecule has 0 spiro atoms.